The van der Waals surface area contributed by atoms with Gasteiger partial charge < -0.3 is 0 Å². The lowest BCUT2D eigenvalue weighted by Gasteiger charge is -2.29. The van der Waals surface area contributed by atoms with Crippen molar-refractivity contribution in [1.29, 1.82) is 0 Å². The molecular formula is C51H63+. The Hall–Kier alpha value is -4.03. The molecule has 0 heteroatoms. The highest BCUT2D eigenvalue weighted by Crippen LogP contribution is 2.48. The number of hydrogen-bond donors (Lipinski definition) is 0. The van der Waals surface area contributed by atoms with Gasteiger partial charge in [0, 0.05) is 47.6 Å². The summed E-state index contributed by atoms with van der Waals surface area (Å²) in [7, 11) is 0. The number of allylic oxidation sites excluding steroid dienone is 4. The molecule has 4 aromatic rings. The maximum atomic E-state index is 2.44. The predicted molar refractivity (Wildman–Crippen MR) is 224 cm³/mol. The van der Waals surface area contributed by atoms with E-state index < -0.39 is 0 Å². The van der Waals surface area contributed by atoms with E-state index >= 15 is 0 Å². The van der Waals surface area contributed by atoms with Crippen molar-refractivity contribution in [3.8, 4) is 0 Å². The van der Waals surface area contributed by atoms with Crippen molar-refractivity contribution in [2.75, 3.05) is 0 Å². The van der Waals surface area contributed by atoms with E-state index in [0.29, 0.717) is 0 Å². The summed E-state index contributed by atoms with van der Waals surface area (Å²) in [5, 5.41) is 0. The van der Waals surface area contributed by atoms with Crippen LogP contribution in [0, 0.1) is 11.8 Å². The Balaban J connectivity index is 1.83. The normalized spacial score (nSPS) is 15.9. The van der Waals surface area contributed by atoms with Crippen molar-refractivity contribution >= 4 is 11.1 Å². The molecule has 0 saturated heterocycles. The Kier molecular flexibility index (Phi) is 10.4. The van der Waals surface area contributed by atoms with E-state index in [4.69, 9.17) is 0 Å². The standard InChI is InChI=1S/C51H63/c1-33-32-34(2)45(47(38-20-28-42(29-21-38)50(10,11)12)39-22-30-43(31-23-39)51(13,14)15)35(3)44(33)46(36-16-24-40(25-17-36)48(4,5)6)37-18-26-41(27-19-37)49(7,8)9/h16-32,35H,1-15H3/q+1. The largest absolute Gasteiger partial charge is 0.0818 e. The van der Waals surface area contributed by atoms with Gasteiger partial charge >= 0.3 is 0 Å². The zero-order valence-electron chi connectivity index (χ0n) is 34.4. The van der Waals surface area contributed by atoms with E-state index in [9.17, 15) is 0 Å². The third-order valence-corrected chi connectivity index (χ3v) is 10.8. The molecular weight excluding hydrogens is 613 g/mol. The summed E-state index contributed by atoms with van der Waals surface area (Å²) < 4.78 is 0. The van der Waals surface area contributed by atoms with Crippen LogP contribution in [0.25, 0.3) is 11.1 Å². The molecule has 0 radical (unpaired) electrons. The second kappa shape index (κ2) is 13.8. The van der Waals surface area contributed by atoms with Crippen molar-refractivity contribution in [3.05, 3.63) is 170 Å². The number of hydrogen-bond acceptors (Lipinski definition) is 0. The van der Waals surface area contributed by atoms with Gasteiger partial charge in [-0.2, -0.15) is 0 Å². The molecule has 5 rings (SSSR count). The van der Waals surface area contributed by atoms with E-state index in [2.05, 4.69) is 207 Å². The van der Waals surface area contributed by atoms with Crippen LogP contribution in [0.4, 0.5) is 0 Å². The molecule has 1 aliphatic carbocycles. The summed E-state index contributed by atoms with van der Waals surface area (Å²) >= 11 is 0. The van der Waals surface area contributed by atoms with Gasteiger partial charge in [0.15, 0.2) is 0 Å². The SMILES string of the molecule is CC1=C[C+](C)C(=C(c2ccc(C(C)(C)C)cc2)c2ccc(C(C)(C)C)cc2)C(C)C1=C(c1ccc(C(C)(C)C)cc1)c1ccc(C(C)(C)C)cc1. The van der Waals surface area contributed by atoms with Crippen molar-refractivity contribution in [2.24, 2.45) is 5.92 Å². The molecule has 266 valence electrons. The first-order chi connectivity index (χ1) is 23.6. The van der Waals surface area contributed by atoms with Crippen LogP contribution in [0.5, 0.6) is 0 Å². The van der Waals surface area contributed by atoms with Gasteiger partial charge in [-0.25, -0.2) is 0 Å². The van der Waals surface area contributed by atoms with E-state index in [-0.39, 0.29) is 27.6 Å². The Morgan fingerprint density at radius 2 is 0.686 bits per heavy atom. The third-order valence-electron chi connectivity index (χ3n) is 10.8. The predicted octanol–water partition coefficient (Wildman–Crippen LogP) is 14.4. The fourth-order valence-corrected chi connectivity index (χ4v) is 7.64. The topological polar surface area (TPSA) is 0 Å². The summed E-state index contributed by atoms with van der Waals surface area (Å²) in [5.41, 5.74) is 17.7. The van der Waals surface area contributed by atoms with Gasteiger partial charge in [0.25, 0.3) is 0 Å². The molecule has 0 fully saturated rings. The Labute approximate surface area is 311 Å². The second-order valence-corrected chi connectivity index (χ2v) is 19.1. The summed E-state index contributed by atoms with van der Waals surface area (Å²) in [5.74, 6) is 1.50. The monoisotopic (exact) mass is 675 g/mol. The van der Waals surface area contributed by atoms with Crippen LogP contribution in [0.15, 0.2) is 120 Å². The van der Waals surface area contributed by atoms with E-state index in [1.165, 1.54) is 78.3 Å². The van der Waals surface area contributed by atoms with Gasteiger partial charge in [0.05, 0.1) is 23.1 Å². The zero-order valence-corrected chi connectivity index (χ0v) is 34.4. The molecule has 0 amide bonds. The van der Waals surface area contributed by atoms with E-state index in [1.54, 1.807) is 0 Å². The average molecular weight is 676 g/mol. The first-order valence-electron chi connectivity index (χ1n) is 19.0. The van der Waals surface area contributed by atoms with Crippen LogP contribution in [0.1, 0.15) is 148 Å². The average Bonchev–Trinajstić information content (AvgIpc) is 3.03. The molecule has 0 bridgehead atoms. The maximum Gasteiger partial charge on any atom is 0.0818 e. The summed E-state index contributed by atoms with van der Waals surface area (Å²) in [6.07, 6.45) is 2.44. The highest BCUT2D eigenvalue weighted by atomic mass is 14.4. The minimum absolute atomic E-state index is 0.0934. The van der Waals surface area contributed by atoms with Crippen molar-refractivity contribution < 1.29 is 0 Å². The molecule has 0 N–H and O–H groups in total. The van der Waals surface area contributed by atoms with Crippen molar-refractivity contribution in [3.63, 3.8) is 0 Å². The minimum Gasteiger partial charge on any atom is -0.0579 e. The molecule has 0 nitrogen and oxygen atoms in total. The molecule has 0 aromatic heterocycles. The first-order valence-corrected chi connectivity index (χ1v) is 19.0. The van der Waals surface area contributed by atoms with Crippen molar-refractivity contribution in [1.82, 2.24) is 0 Å². The van der Waals surface area contributed by atoms with Gasteiger partial charge in [0.1, 0.15) is 0 Å². The van der Waals surface area contributed by atoms with Crippen LogP contribution in [0.3, 0.4) is 0 Å². The fraction of sp³-hybridized carbons (Fsp3) is 0.392. The van der Waals surface area contributed by atoms with Gasteiger partial charge in [-0.3, -0.25) is 0 Å². The zero-order chi connectivity index (χ0) is 37.7. The molecule has 0 saturated carbocycles. The van der Waals surface area contributed by atoms with Crippen molar-refractivity contribution in [2.45, 2.75) is 126 Å². The Morgan fingerprint density at radius 3 is 0.941 bits per heavy atom. The van der Waals surface area contributed by atoms with Crippen LogP contribution in [-0.4, -0.2) is 0 Å². The van der Waals surface area contributed by atoms with Crippen LogP contribution < -0.4 is 0 Å². The third kappa shape index (κ3) is 8.22. The minimum atomic E-state index is 0.0934. The lowest BCUT2D eigenvalue weighted by molar-refractivity contribution is 0.590. The number of benzene rings is 4. The summed E-state index contributed by atoms with van der Waals surface area (Å²) in [4.78, 5) is 0. The second-order valence-electron chi connectivity index (χ2n) is 19.1. The van der Waals surface area contributed by atoms with Gasteiger partial charge in [-0.05, 0) is 79.3 Å². The highest BCUT2D eigenvalue weighted by molar-refractivity contribution is 5.90. The Morgan fingerprint density at radius 1 is 0.431 bits per heavy atom. The van der Waals surface area contributed by atoms with Crippen LogP contribution in [-0.2, 0) is 21.7 Å². The van der Waals surface area contributed by atoms with E-state index in [1.807, 2.05) is 0 Å². The number of rotatable bonds is 4. The molecule has 0 aliphatic heterocycles. The van der Waals surface area contributed by atoms with Gasteiger partial charge in [-0.1, -0.05) is 163 Å². The van der Waals surface area contributed by atoms with Crippen LogP contribution in [0.2, 0.25) is 0 Å². The van der Waals surface area contributed by atoms with Crippen LogP contribution >= 0.6 is 0 Å². The van der Waals surface area contributed by atoms with Gasteiger partial charge in [-0.15, -0.1) is 0 Å². The molecule has 51 heavy (non-hydrogen) atoms. The molecule has 0 spiro atoms. The first kappa shape index (κ1) is 38.2. The smallest absolute Gasteiger partial charge is 0.0579 e. The fourth-order valence-electron chi connectivity index (χ4n) is 7.64. The summed E-state index contributed by atoms with van der Waals surface area (Å²) in [6.45, 7) is 34.6. The molecule has 1 unspecified atom stereocenters. The summed E-state index contributed by atoms with van der Waals surface area (Å²) in [6, 6.07) is 37.5. The lowest BCUT2D eigenvalue weighted by atomic mass is 9.69. The molecule has 1 atom stereocenters. The lowest BCUT2D eigenvalue weighted by Crippen LogP contribution is -2.19. The molecule has 0 heterocycles. The van der Waals surface area contributed by atoms with Gasteiger partial charge in [0.2, 0.25) is 0 Å². The molecule has 1 aliphatic rings. The quantitative estimate of drug-likeness (QED) is 0.189. The highest BCUT2D eigenvalue weighted by Gasteiger charge is 2.38. The maximum absolute atomic E-state index is 2.44. The van der Waals surface area contributed by atoms with E-state index in [0.717, 1.165) is 0 Å². The Bertz CT molecular complexity index is 1800. The molecule has 4 aromatic carbocycles.